The fraction of sp³-hybridized carbons (Fsp3) is 0.619. The molecule has 0 radical (unpaired) electrons. The molecule has 8 heteroatoms. The number of alkyl carbamates (subject to hydrolysis) is 1. The molecule has 1 aliphatic carbocycles. The Balaban J connectivity index is 2.07. The zero-order chi connectivity index (χ0) is 21.8. The molecule has 0 heterocycles. The van der Waals surface area contributed by atoms with E-state index < -0.39 is 41.7 Å². The maximum atomic E-state index is 13.6. The van der Waals surface area contributed by atoms with Crippen molar-refractivity contribution in [3.05, 3.63) is 29.6 Å². The summed E-state index contributed by atoms with van der Waals surface area (Å²) >= 11 is 0. The summed E-state index contributed by atoms with van der Waals surface area (Å²) < 4.78 is 35.6. The Kier molecular flexibility index (Phi) is 7.46. The number of esters is 1. The van der Waals surface area contributed by atoms with Crippen molar-refractivity contribution in [3.8, 4) is 5.75 Å². The van der Waals surface area contributed by atoms with Crippen LogP contribution in [0.4, 0.5) is 9.18 Å². The van der Waals surface area contributed by atoms with Gasteiger partial charge in [-0.05, 0) is 59.6 Å². The topological polar surface area (TPSA) is 83.1 Å². The Labute approximate surface area is 170 Å². The van der Waals surface area contributed by atoms with Gasteiger partial charge in [0.25, 0.3) is 0 Å². The summed E-state index contributed by atoms with van der Waals surface area (Å²) in [7, 11) is 1.44. The Morgan fingerprint density at radius 2 is 1.86 bits per heavy atom. The van der Waals surface area contributed by atoms with Crippen molar-refractivity contribution in [1.29, 1.82) is 0 Å². The highest BCUT2D eigenvalue weighted by atomic mass is 19.1. The van der Waals surface area contributed by atoms with Crippen LogP contribution in [-0.2, 0) is 19.0 Å². The minimum absolute atomic E-state index is 0.0632. The van der Waals surface area contributed by atoms with Crippen LogP contribution in [0, 0.1) is 5.82 Å². The van der Waals surface area contributed by atoms with Crippen LogP contribution in [0.25, 0.3) is 0 Å². The molecular formula is C21H30FNO6. The maximum Gasteiger partial charge on any atom is 0.408 e. The van der Waals surface area contributed by atoms with E-state index in [4.69, 9.17) is 18.9 Å². The normalized spacial score (nSPS) is 17.1. The van der Waals surface area contributed by atoms with Gasteiger partial charge in [-0.3, -0.25) is 0 Å². The van der Waals surface area contributed by atoms with E-state index in [1.807, 2.05) is 0 Å². The molecule has 1 amide bonds. The minimum Gasteiger partial charge on any atom is -0.496 e. The molecule has 1 fully saturated rings. The van der Waals surface area contributed by atoms with Crippen LogP contribution in [0.15, 0.2) is 18.2 Å². The number of ether oxygens (including phenoxy) is 4. The average molecular weight is 411 g/mol. The predicted molar refractivity (Wildman–Crippen MR) is 104 cm³/mol. The lowest BCUT2D eigenvalue weighted by atomic mass is 10.0. The van der Waals surface area contributed by atoms with Crippen LogP contribution in [0.1, 0.15) is 59.1 Å². The molecule has 0 saturated heterocycles. The van der Waals surface area contributed by atoms with Gasteiger partial charge in [0.15, 0.2) is 0 Å². The SMILES string of the molecule is COc1cc(F)ccc1[C@H](OC1CC1)[C@H](C)OC(=O)[C@H](C)NC(=O)OC(C)(C)C. The minimum atomic E-state index is -0.913. The number of methoxy groups -OCH3 is 1. The highest BCUT2D eigenvalue weighted by molar-refractivity contribution is 5.81. The van der Waals surface area contributed by atoms with Crippen LogP contribution < -0.4 is 10.1 Å². The first kappa shape index (κ1) is 22.9. The quantitative estimate of drug-likeness (QED) is 0.654. The molecule has 3 atom stereocenters. The van der Waals surface area contributed by atoms with E-state index in [0.717, 1.165) is 12.8 Å². The standard InChI is InChI=1S/C21H30FNO6/c1-12(23-20(25)29-21(3,4)5)19(24)27-13(2)18(28-15-8-9-15)16-10-7-14(22)11-17(16)26-6/h7,10-13,15,18H,8-9H2,1-6H3,(H,23,25)/t12-,13-,18+/m0/s1. The lowest BCUT2D eigenvalue weighted by Gasteiger charge is -2.27. The first-order valence-corrected chi connectivity index (χ1v) is 9.69. The van der Waals surface area contributed by atoms with Gasteiger partial charge in [0.05, 0.1) is 13.2 Å². The molecule has 29 heavy (non-hydrogen) atoms. The summed E-state index contributed by atoms with van der Waals surface area (Å²) in [6, 6.07) is 3.22. The second kappa shape index (κ2) is 9.43. The summed E-state index contributed by atoms with van der Waals surface area (Å²) in [4.78, 5) is 24.3. The second-order valence-electron chi connectivity index (χ2n) is 8.15. The Hall–Kier alpha value is -2.35. The van der Waals surface area contributed by atoms with Gasteiger partial charge >= 0.3 is 12.1 Å². The lowest BCUT2D eigenvalue weighted by Crippen LogP contribution is -2.43. The smallest absolute Gasteiger partial charge is 0.408 e. The van der Waals surface area contributed by atoms with Crippen molar-refractivity contribution < 1.29 is 32.9 Å². The molecule has 0 spiro atoms. The Morgan fingerprint density at radius 3 is 2.41 bits per heavy atom. The second-order valence-corrected chi connectivity index (χ2v) is 8.15. The van der Waals surface area contributed by atoms with Crippen LogP contribution in [0.2, 0.25) is 0 Å². The predicted octanol–water partition coefficient (Wildman–Crippen LogP) is 3.90. The van der Waals surface area contributed by atoms with Crippen molar-refractivity contribution in [3.63, 3.8) is 0 Å². The van der Waals surface area contributed by atoms with Gasteiger partial charge in [0, 0.05) is 11.6 Å². The van der Waals surface area contributed by atoms with Crippen molar-refractivity contribution in [1.82, 2.24) is 5.32 Å². The van der Waals surface area contributed by atoms with Gasteiger partial charge in [-0.1, -0.05) is 0 Å². The van der Waals surface area contributed by atoms with Crippen LogP contribution >= 0.6 is 0 Å². The molecule has 1 aliphatic rings. The van der Waals surface area contributed by atoms with Crippen LogP contribution in [0.5, 0.6) is 5.75 Å². The third-order valence-electron chi connectivity index (χ3n) is 4.18. The van der Waals surface area contributed by atoms with E-state index in [9.17, 15) is 14.0 Å². The van der Waals surface area contributed by atoms with Gasteiger partial charge in [0.2, 0.25) is 0 Å². The van der Waals surface area contributed by atoms with Crippen molar-refractivity contribution >= 4 is 12.1 Å². The summed E-state index contributed by atoms with van der Waals surface area (Å²) in [5.41, 5.74) is -0.0857. The van der Waals surface area contributed by atoms with Crippen molar-refractivity contribution in [2.24, 2.45) is 0 Å². The lowest BCUT2D eigenvalue weighted by molar-refractivity contribution is -0.159. The van der Waals surface area contributed by atoms with Crippen molar-refractivity contribution in [2.45, 2.75) is 77.4 Å². The van der Waals surface area contributed by atoms with E-state index in [1.165, 1.54) is 26.2 Å². The molecule has 162 valence electrons. The Morgan fingerprint density at radius 1 is 1.21 bits per heavy atom. The number of hydrogen-bond acceptors (Lipinski definition) is 6. The first-order chi connectivity index (χ1) is 13.5. The third kappa shape index (κ3) is 7.20. The number of halogens is 1. The molecule has 2 rings (SSSR count). The van der Waals surface area contributed by atoms with E-state index in [-0.39, 0.29) is 6.10 Å². The fourth-order valence-electron chi connectivity index (χ4n) is 2.66. The van der Waals surface area contributed by atoms with E-state index in [2.05, 4.69) is 5.32 Å². The molecule has 7 nitrogen and oxygen atoms in total. The number of nitrogens with one attached hydrogen (secondary N) is 1. The number of hydrogen-bond donors (Lipinski definition) is 1. The van der Waals surface area contributed by atoms with Gasteiger partial charge in [0.1, 0.15) is 35.4 Å². The third-order valence-corrected chi connectivity index (χ3v) is 4.18. The largest absolute Gasteiger partial charge is 0.496 e. The maximum absolute atomic E-state index is 13.6. The zero-order valence-corrected chi connectivity index (χ0v) is 17.8. The number of carbonyl (C=O) groups is 2. The van der Waals surface area contributed by atoms with Crippen LogP contribution in [-0.4, -0.2) is 43.0 Å². The summed E-state index contributed by atoms with van der Waals surface area (Å²) in [5.74, 6) is -0.747. The van der Waals surface area contributed by atoms with Crippen LogP contribution in [0.3, 0.4) is 0 Å². The van der Waals surface area contributed by atoms with Gasteiger partial charge in [-0.2, -0.15) is 0 Å². The molecule has 0 unspecified atom stereocenters. The number of benzene rings is 1. The monoisotopic (exact) mass is 411 g/mol. The highest BCUT2D eigenvalue weighted by Gasteiger charge is 2.34. The molecule has 1 aromatic rings. The molecular weight excluding hydrogens is 381 g/mol. The molecule has 0 aliphatic heterocycles. The fourth-order valence-corrected chi connectivity index (χ4v) is 2.66. The molecule has 1 aromatic carbocycles. The summed E-state index contributed by atoms with van der Waals surface area (Å²) in [6.07, 6.45) is -0.135. The van der Waals surface area contributed by atoms with E-state index in [0.29, 0.717) is 11.3 Å². The number of carbonyl (C=O) groups excluding carboxylic acids is 2. The Bertz CT molecular complexity index is 728. The zero-order valence-electron chi connectivity index (χ0n) is 17.8. The van der Waals surface area contributed by atoms with E-state index >= 15 is 0 Å². The molecule has 1 N–H and O–H groups in total. The summed E-state index contributed by atoms with van der Waals surface area (Å²) in [5, 5.41) is 2.45. The molecule has 0 bridgehead atoms. The highest BCUT2D eigenvalue weighted by Crippen LogP contribution is 2.37. The van der Waals surface area contributed by atoms with E-state index in [1.54, 1.807) is 33.8 Å². The van der Waals surface area contributed by atoms with Gasteiger partial charge in [-0.25, -0.2) is 14.0 Å². The molecule has 0 aromatic heterocycles. The van der Waals surface area contributed by atoms with Crippen molar-refractivity contribution in [2.75, 3.05) is 7.11 Å². The molecule has 1 saturated carbocycles. The average Bonchev–Trinajstić information content (AvgIpc) is 3.42. The number of amides is 1. The first-order valence-electron chi connectivity index (χ1n) is 9.69. The van der Waals surface area contributed by atoms with Gasteiger partial charge < -0.3 is 24.3 Å². The van der Waals surface area contributed by atoms with Gasteiger partial charge in [-0.15, -0.1) is 0 Å². The summed E-state index contributed by atoms with van der Waals surface area (Å²) in [6.45, 7) is 8.39. The number of rotatable bonds is 8.